The second-order valence-electron chi connectivity index (χ2n) is 4.79. The number of rotatable bonds is 8. The lowest BCUT2D eigenvalue weighted by molar-refractivity contribution is 0.124. The first-order valence-electron chi connectivity index (χ1n) is 6.79. The Morgan fingerprint density at radius 3 is 3.05 bits per heavy atom. The standard InChI is InChI=1S/C13H20ClN3O2/c1-2-17-13(18)12(14)11(8-16-17)15-6-3-7-19-9-10-4-5-10/h8,10,15H,2-7,9H2,1H3. The van der Waals surface area contributed by atoms with E-state index < -0.39 is 0 Å². The maximum atomic E-state index is 11.7. The van der Waals surface area contributed by atoms with Crippen LogP contribution in [0.4, 0.5) is 5.69 Å². The lowest BCUT2D eigenvalue weighted by atomic mass is 10.4. The van der Waals surface area contributed by atoms with Crippen LogP contribution in [0.3, 0.4) is 0 Å². The number of halogens is 1. The van der Waals surface area contributed by atoms with Gasteiger partial charge in [-0.3, -0.25) is 4.79 Å². The van der Waals surface area contributed by atoms with E-state index in [0.29, 0.717) is 12.2 Å². The Morgan fingerprint density at radius 2 is 2.37 bits per heavy atom. The Bertz CT molecular complexity index is 471. The van der Waals surface area contributed by atoms with Gasteiger partial charge in [0.25, 0.3) is 5.56 Å². The van der Waals surface area contributed by atoms with Crippen molar-refractivity contribution >= 4 is 17.3 Å². The van der Waals surface area contributed by atoms with E-state index in [1.54, 1.807) is 6.20 Å². The lowest BCUT2D eigenvalue weighted by Crippen LogP contribution is -2.23. The fourth-order valence-electron chi connectivity index (χ4n) is 1.75. The Hall–Kier alpha value is -1.07. The molecule has 2 rings (SSSR count). The SMILES string of the molecule is CCn1ncc(NCCCOCC2CC2)c(Cl)c1=O. The average Bonchev–Trinajstić information content (AvgIpc) is 3.22. The van der Waals surface area contributed by atoms with Crippen LogP contribution in [-0.4, -0.2) is 29.5 Å². The summed E-state index contributed by atoms with van der Waals surface area (Å²) >= 11 is 6.00. The molecule has 0 aliphatic heterocycles. The van der Waals surface area contributed by atoms with Gasteiger partial charge in [0.05, 0.1) is 11.9 Å². The second-order valence-corrected chi connectivity index (χ2v) is 5.17. The highest BCUT2D eigenvalue weighted by atomic mass is 35.5. The summed E-state index contributed by atoms with van der Waals surface area (Å²) in [5, 5.41) is 7.36. The summed E-state index contributed by atoms with van der Waals surface area (Å²) in [5.74, 6) is 0.799. The van der Waals surface area contributed by atoms with Crippen LogP contribution >= 0.6 is 11.6 Å². The predicted octanol–water partition coefficient (Wildman–Crippen LogP) is 2.15. The van der Waals surface area contributed by atoms with Crippen LogP contribution in [0.15, 0.2) is 11.0 Å². The van der Waals surface area contributed by atoms with Gasteiger partial charge in [-0.2, -0.15) is 5.10 Å². The van der Waals surface area contributed by atoms with Crippen molar-refractivity contribution in [3.63, 3.8) is 0 Å². The molecule has 6 heteroatoms. The molecule has 0 atom stereocenters. The molecule has 1 N–H and O–H groups in total. The third kappa shape index (κ3) is 4.21. The van der Waals surface area contributed by atoms with E-state index in [9.17, 15) is 4.79 Å². The summed E-state index contributed by atoms with van der Waals surface area (Å²) in [5.41, 5.74) is 0.345. The van der Waals surface area contributed by atoms with Gasteiger partial charge in [0.2, 0.25) is 0 Å². The van der Waals surface area contributed by atoms with Gasteiger partial charge in [-0.25, -0.2) is 4.68 Å². The van der Waals surface area contributed by atoms with Gasteiger partial charge in [-0.1, -0.05) is 11.6 Å². The number of hydrogen-bond acceptors (Lipinski definition) is 4. The summed E-state index contributed by atoms with van der Waals surface area (Å²) in [6.07, 6.45) is 5.11. The number of aromatic nitrogens is 2. The molecule has 0 spiro atoms. The zero-order valence-corrected chi connectivity index (χ0v) is 11.9. The highest BCUT2D eigenvalue weighted by Gasteiger charge is 2.20. The Balaban J connectivity index is 1.72. The van der Waals surface area contributed by atoms with Crippen molar-refractivity contribution < 1.29 is 4.74 Å². The highest BCUT2D eigenvalue weighted by Crippen LogP contribution is 2.28. The Kier molecular flexibility index (Phi) is 5.22. The molecule has 0 bridgehead atoms. The number of nitrogens with zero attached hydrogens (tertiary/aromatic N) is 2. The monoisotopic (exact) mass is 285 g/mol. The fourth-order valence-corrected chi connectivity index (χ4v) is 1.96. The minimum atomic E-state index is -0.251. The van der Waals surface area contributed by atoms with E-state index in [1.807, 2.05) is 6.92 Å². The molecular formula is C13H20ClN3O2. The largest absolute Gasteiger partial charge is 0.382 e. The molecule has 1 aromatic heterocycles. The summed E-state index contributed by atoms with van der Waals surface area (Å²) in [7, 11) is 0. The maximum Gasteiger partial charge on any atom is 0.287 e. The zero-order valence-electron chi connectivity index (χ0n) is 11.2. The number of ether oxygens (including phenoxy) is 1. The van der Waals surface area contributed by atoms with Crippen molar-refractivity contribution in [2.75, 3.05) is 25.1 Å². The van der Waals surface area contributed by atoms with Crippen LogP contribution in [0, 0.1) is 5.92 Å². The van der Waals surface area contributed by atoms with Gasteiger partial charge in [-0.15, -0.1) is 0 Å². The molecule has 1 aliphatic carbocycles. The van der Waals surface area contributed by atoms with Gasteiger partial charge in [0.1, 0.15) is 5.02 Å². The zero-order chi connectivity index (χ0) is 13.7. The quantitative estimate of drug-likeness (QED) is 0.744. The van der Waals surface area contributed by atoms with E-state index in [4.69, 9.17) is 16.3 Å². The van der Waals surface area contributed by atoms with Crippen molar-refractivity contribution in [3.8, 4) is 0 Å². The smallest absolute Gasteiger partial charge is 0.287 e. The number of hydrogen-bond donors (Lipinski definition) is 1. The molecule has 0 aromatic carbocycles. The maximum absolute atomic E-state index is 11.7. The molecule has 0 amide bonds. The van der Waals surface area contributed by atoms with Crippen molar-refractivity contribution in [2.24, 2.45) is 5.92 Å². The molecule has 19 heavy (non-hydrogen) atoms. The molecule has 0 radical (unpaired) electrons. The summed E-state index contributed by atoms with van der Waals surface area (Å²) in [6.45, 7) is 4.72. The number of nitrogens with one attached hydrogen (secondary N) is 1. The lowest BCUT2D eigenvalue weighted by Gasteiger charge is -2.09. The van der Waals surface area contributed by atoms with E-state index in [-0.39, 0.29) is 10.6 Å². The van der Waals surface area contributed by atoms with Gasteiger partial charge in [0.15, 0.2) is 0 Å². The normalized spacial score (nSPS) is 14.6. The predicted molar refractivity (Wildman–Crippen MR) is 75.8 cm³/mol. The minimum Gasteiger partial charge on any atom is -0.382 e. The first kappa shape index (κ1) is 14.3. The fraction of sp³-hybridized carbons (Fsp3) is 0.692. The third-order valence-corrected chi connectivity index (χ3v) is 3.48. The van der Waals surface area contributed by atoms with Crippen molar-refractivity contribution in [1.29, 1.82) is 0 Å². The number of anilines is 1. The van der Waals surface area contributed by atoms with Gasteiger partial charge < -0.3 is 10.1 Å². The first-order chi connectivity index (χ1) is 9.22. The average molecular weight is 286 g/mol. The van der Waals surface area contributed by atoms with Crippen LogP contribution in [-0.2, 0) is 11.3 Å². The highest BCUT2D eigenvalue weighted by molar-refractivity contribution is 6.32. The van der Waals surface area contributed by atoms with E-state index in [2.05, 4.69) is 10.4 Å². The number of aryl methyl sites for hydroxylation is 1. The molecule has 1 fully saturated rings. The van der Waals surface area contributed by atoms with E-state index in [0.717, 1.165) is 32.1 Å². The molecule has 1 heterocycles. The molecule has 0 unspecified atom stereocenters. The van der Waals surface area contributed by atoms with Gasteiger partial charge in [-0.05, 0) is 32.1 Å². The van der Waals surface area contributed by atoms with Crippen molar-refractivity contribution in [3.05, 3.63) is 21.6 Å². The molecule has 1 aromatic rings. The minimum absolute atomic E-state index is 0.204. The van der Waals surface area contributed by atoms with Crippen LogP contribution in [0.1, 0.15) is 26.2 Å². The summed E-state index contributed by atoms with van der Waals surface area (Å²) in [6, 6.07) is 0. The third-order valence-electron chi connectivity index (χ3n) is 3.12. The Labute approximate surface area is 117 Å². The second kappa shape index (κ2) is 6.91. The Morgan fingerprint density at radius 1 is 1.58 bits per heavy atom. The molecule has 0 saturated heterocycles. The van der Waals surface area contributed by atoms with Crippen molar-refractivity contribution in [1.82, 2.24) is 9.78 Å². The van der Waals surface area contributed by atoms with Gasteiger partial charge in [0, 0.05) is 26.3 Å². The molecule has 1 aliphatic rings. The first-order valence-corrected chi connectivity index (χ1v) is 7.17. The molecule has 1 saturated carbocycles. The topological polar surface area (TPSA) is 56.1 Å². The summed E-state index contributed by atoms with van der Waals surface area (Å²) < 4.78 is 6.87. The van der Waals surface area contributed by atoms with Crippen LogP contribution in [0.5, 0.6) is 0 Å². The van der Waals surface area contributed by atoms with E-state index in [1.165, 1.54) is 17.5 Å². The van der Waals surface area contributed by atoms with Crippen LogP contribution in [0.2, 0.25) is 5.02 Å². The molecular weight excluding hydrogens is 266 g/mol. The van der Waals surface area contributed by atoms with Crippen molar-refractivity contribution in [2.45, 2.75) is 32.7 Å². The van der Waals surface area contributed by atoms with Gasteiger partial charge >= 0.3 is 0 Å². The van der Waals surface area contributed by atoms with Crippen LogP contribution < -0.4 is 10.9 Å². The van der Waals surface area contributed by atoms with Crippen LogP contribution in [0.25, 0.3) is 0 Å². The molecule has 106 valence electrons. The summed E-state index contributed by atoms with van der Waals surface area (Å²) in [4.78, 5) is 11.7. The molecule has 5 nitrogen and oxygen atoms in total. The van der Waals surface area contributed by atoms with E-state index >= 15 is 0 Å².